The van der Waals surface area contributed by atoms with Gasteiger partial charge in [0.25, 0.3) is 0 Å². The number of hydrogen-bond donors (Lipinski definition) is 4. The summed E-state index contributed by atoms with van der Waals surface area (Å²) in [5, 5.41) is 37.8. The van der Waals surface area contributed by atoms with Crippen LogP contribution >= 0.6 is 0 Å². The van der Waals surface area contributed by atoms with E-state index in [0.717, 1.165) is 5.56 Å². The monoisotopic (exact) mass is 270 g/mol. The Balaban J connectivity index is 2.08. The first kappa shape index (κ1) is 14.4. The molecule has 6 heteroatoms. The lowest BCUT2D eigenvalue weighted by atomic mass is 10.0. The summed E-state index contributed by atoms with van der Waals surface area (Å²) in [5.41, 5.74) is 0.755. The third-order valence-electron chi connectivity index (χ3n) is 3.07. The van der Waals surface area contributed by atoms with Crippen LogP contribution < -0.4 is 0 Å². The minimum atomic E-state index is -1.38. The first-order valence-corrected chi connectivity index (χ1v) is 6.10. The van der Waals surface area contributed by atoms with E-state index in [1.807, 2.05) is 18.2 Å². The smallest absolute Gasteiger partial charge is 0.184 e. The average molecular weight is 270 g/mol. The largest absolute Gasteiger partial charge is 0.394 e. The van der Waals surface area contributed by atoms with Crippen molar-refractivity contribution in [1.29, 1.82) is 0 Å². The van der Waals surface area contributed by atoms with Gasteiger partial charge in [-0.15, -0.1) is 0 Å². The molecule has 1 unspecified atom stereocenters. The molecule has 1 fully saturated rings. The number of rotatable bonds is 4. The fourth-order valence-corrected chi connectivity index (χ4v) is 1.97. The molecule has 1 heterocycles. The second-order valence-corrected chi connectivity index (χ2v) is 4.48. The molecule has 0 aromatic heterocycles. The van der Waals surface area contributed by atoms with E-state index in [-0.39, 0.29) is 6.61 Å². The van der Waals surface area contributed by atoms with Crippen LogP contribution in [0.15, 0.2) is 30.3 Å². The first-order chi connectivity index (χ1) is 9.13. The molecule has 0 radical (unpaired) electrons. The highest BCUT2D eigenvalue weighted by Gasteiger charge is 2.39. The van der Waals surface area contributed by atoms with Crippen LogP contribution in [0.5, 0.6) is 0 Å². The molecule has 2 rings (SSSR count). The van der Waals surface area contributed by atoms with Gasteiger partial charge < -0.3 is 29.9 Å². The van der Waals surface area contributed by atoms with Gasteiger partial charge in [0, 0.05) is 5.56 Å². The van der Waals surface area contributed by atoms with Crippen LogP contribution in [0.4, 0.5) is 0 Å². The van der Waals surface area contributed by atoms with Gasteiger partial charge in [0.1, 0.15) is 24.4 Å². The third-order valence-corrected chi connectivity index (χ3v) is 3.07. The molecule has 1 aromatic rings. The SMILES string of the molecule is OC[C@H](O)[C@H](O)[C@H]1OC(c2ccccc2)OC[C@H]1O. The minimum absolute atomic E-state index is 0.0144. The standard InChI is InChI=1S/C13H18O6/c14-6-9(15)11(17)12-10(16)7-18-13(19-12)8-4-2-1-3-5-8/h1-5,9-17H,6-7H2/t9-,10+,11-,12-,13?/m0/s1. The van der Waals surface area contributed by atoms with Crippen LogP contribution in [0.25, 0.3) is 0 Å². The summed E-state index contributed by atoms with van der Waals surface area (Å²) in [6.07, 6.45) is -5.53. The Morgan fingerprint density at radius 2 is 1.89 bits per heavy atom. The van der Waals surface area contributed by atoms with Gasteiger partial charge in [0.2, 0.25) is 0 Å². The highest BCUT2D eigenvalue weighted by atomic mass is 16.7. The lowest BCUT2D eigenvalue weighted by molar-refractivity contribution is -0.284. The number of aliphatic hydroxyl groups is 4. The van der Waals surface area contributed by atoms with Crippen molar-refractivity contribution >= 4 is 0 Å². The van der Waals surface area contributed by atoms with Crippen molar-refractivity contribution in [2.24, 2.45) is 0 Å². The van der Waals surface area contributed by atoms with E-state index in [4.69, 9.17) is 14.6 Å². The first-order valence-electron chi connectivity index (χ1n) is 6.10. The number of ether oxygens (including phenoxy) is 2. The molecule has 1 aromatic carbocycles. The zero-order valence-corrected chi connectivity index (χ0v) is 10.3. The Morgan fingerprint density at radius 1 is 1.21 bits per heavy atom. The van der Waals surface area contributed by atoms with Gasteiger partial charge in [-0.25, -0.2) is 0 Å². The number of benzene rings is 1. The van der Waals surface area contributed by atoms with Gasteiger partial charge >= 0.3 is 0 Å². The maximum atomic E-state index is 9.83. The molecule has 4 N–H and O–H groups in total. The zero-order chi connectivity index (χ0) is 13.8. The molecule has 5 atom stereocenters. The maximum absolute atomic E-state index is 9.83. The Morgan fingerprint density at radius 3 is 2.53 bits per heavy atom. The van der Waals surface area contributed by atoms with Gasteiger partial charge in [0.05, 0.1) is 13.2 Å². The normalized spacial score (nSPS) is 30.8. The van der Waals surface area contributed by atoms with Crippen LogP contribution in [-0.2, 0) is 9.47 Å². The van der Waals surface area contributed by atoms with E-state index in [2.05, 4.69) is 0 Å². The zero-order valence-electron chi connectivity index (χ0n) is 10.3. The van der Waals surface area contributed by atoms with Gasteiger partial charge in [-0.05, 0) is 0 Å². The van der Waals surface area contributed by atoms with Crippen LogP contribution in [0.2, 0.25) is 0 Å². The average Bonchev–Trinajstić information content (AvgIpc) is 2.47. The summed E-state index contributed by atoms with van der Waals surface area (Å²) in [6, 6.07) is 9.09. The lowest BCUT2D eigenvalue weighted by Crippen LogP contribution is -2.52. The molecule has 1 saturated heterocycles. The van der Waals surface area contributed by atoms with E-state index in [9.17, 15) is 15.3 Å². The second kappa shape index (κ2) is 6.42. The van der Waals surface area contributed by atoms with E-state index >= 15 is 0 Å². The topological polar surface area (TPSA) is 99.4 Å². The quantitative estimate of drug-likeness (QED) is 0.570. The fraction of sp³-hybridized carbons (Fsp3) is 0.538. The van der Waals surface area contributed by atoms with Crippen molar-refractivity contribution < 1.29 is 29.9 Å². The minimum Gasteiger partial charge on any atom is -0.394 e. The van der Waals surface area contributed by atoms with Gasteiger partial charge in [-0.3, -0.25) is 0 Å². The second-order valence-electron chi connectivity index (χ2n) is 4.48. The predicted octanol–water partition coefficient (Wildman–Crippen LogP) is -0.824. The predicted molar refractivity (Wildman–Crippen MR) is 65.1 cm³/mol. The Bertz CT molecular complexity index is 384. The number of hydrogen-bond acceptors (Lipinski definition) is 6. The van der Waals surface area contributed by atoms with Crippen LogP contribution in [0, 0.1) is 0 Å². The molecule has 0 amide bonds. The van der Waals surface area contributed by atoms with Crippen molar-refractivity contribution in [3.05, 3.63) is 35.9 Å². The van der Waals surface area contributed by atoms with Crippen molar-refractivity contribution in [3.8, 4) is 0 Å². The van der Waals surface area contributed by atoms with E-state index < -0.39 is 37.3 Å². The lowest BCUT2D eigenvalue weighted by Gasteiger charge is -2.37. The van der Waals surface area contributed by atoms with Crippen molar-refractivity contribution in [1.82, 2.24) is 0 Å². The summed E-state index contributed by atoms with van der Waals surface area (Å²) in [6.45, 7) is -0.621. The van der Waals surface area contributed by atoms with E-state index in [1.165, 1.54) is 0 Å². The van der Waals surface area contributed by atoms with Crippen molar-refractivity contribution in [3.63, 3.8) is 0 Å². The highest BCUT2D eigenvalue weighted by molar-refractivity contribution is 5.16. The van der Waals surface area contributed by atoms with Gasteiger partial charge in [-0.2, -0.15) is 0 Å². The van der Waals surface area contributed by atoms with Crippen molar-refractivity contribution in [2.45, 2.75) is 30.7 Å². The van der Waals surface area contributed by atoms with Crippen LogP contribution in [0.3, 0.4) is 0 Å². The summed E-state index contributed by atoms with van der Waals surface area (Å²) in [7, 11) is 0. The number of aliphatic hydroxyl groups excluding tert-OH is 4. The Kier molecular flexibility index (Phi) is 4.87. The molecule has 19 heavy (non-hydrogen) atoms. The molecular weight excluding hydrogens is 252 g/mol. The Labute approximate surface area is 110 Å². The molecule has 6 nitrogen and oxygen atoms in total. The molecule has 0 aliphatic carbocycles. The molecule has 106 valence electrons. The van der Waals surface area contributed by atoms with E-state index in [0.29, 0.717) is 0 Å². The molecule has 1 aliphatic rings. The summed E-state index contributed by atoms with van der Waals surface area (Å²) in [5.74, 6) is 0. The van der Waals surface area contributed by atoms with Crippen LogP contribution in [-0.4, -0.2) is 58.1 Å². The third kappa shape index (κ3) is 3.30. The van der Waals surface area contributed by atoms with Crippen molar-refractivity contribution in [2.75, 3.05) is 13.2 Å². The van der Waals surface area contributed by atoms with Crippen LogP contribution in [0.1, 0.15) is 11.9 Å². The molecular formula is C13H18O6. The summed E-state index contributed by atoms with van der Waals surface area (Å²) < 4.78 is 10.8. The van der Waals surface area contributed by atoms with Gasteiger partial charge in [-0.1, -0.05) is 30.3 Å². The summed E-state index contributed by atoms with van der Waals surface area (Å²) in [4.78, 5) is 0. The molecule has 0 bridgehead atoms. The maximum Gasteiger partial charge on any atom is 0.184 e. The molecule has 1 aliphatic heterocycles. The molecule has 0 saturated carbocycles. The Hall–Kier alpha value is -1.02. The highest BCUT2D eigenvalue weighted by Crippen LogP contribution is 2.28. The van der Waals surface area contributed by atoms with Gasteiger partial charge in [0.15, 0.2) is 6.29 Å². The van der Waals surface area contributed by atoms with E-state index in [1.54, 1.807) is 12.1 Å². The summed E-state index contributed by atoms with van der Waals surface area (Å²) >= 11 is 0. The molecule has 0 spiro atoms. The fourth-order valence-electron chi connectivity index (χ4n) is 1.97.